The quantitative estimate of drug-likeness (QED) is 0.711. The number of para-hydroxylation sites is 2. The van der Waals surface area contributed by atoms with Gasteiger partial charge in [-0.05, 0) is 31.2 Å². The lowest BCUT2D eigenvalue weighted by atomic mass is 10.2. The minimum Gasteiger partial charge on any atom is -0.497 e. The number of carbonyl (C=O) groups excluding carboxylic acids is 2. The minimum absolute atomic E-state index is 0.0460. The molecule has 1 atom stereocenters. The average molecular weight is 351 g/mol. The first-order valence-corrected chi connectivity index (χ1v) is 7.94. The molecule has 0 spiro atoms. The Morgan fingerprint density at radius 2 is 1.85 bits per heavy atom. The summed E-state index contributed by atoms with van der Waals surface area (Å²) in [5, 5.41) is 2.67. The second-order valence-corrected chi connectivity index (χ2v) is 5.51. The molecule has 26 heavy (non-hydrogen) atoms. The summed E-state index contributed by atoms with van der Waals surface area (Å²) < 4.78 is 10.3. The Morgan fingerprint density at radius 1 is 1.08 bits per heavy atom. The van der Waals surface area contributed by atoms with Gasteiger partial charge in [-0.15, -0.1) is 0 Å². The molecule has 0 radical (unpaired) electrons. The second kappa shape index (κ2) is 7.60. The van der Waals surface area contributed by atoms with Gasteiger partial charge in [0.25, 0.3) is 5.91 Å². The molecule has 7 heteroatoms. The number of esters is 1. The molecule has 0 saturated heterocycles. The van der Waals surface area contributed by atoms with Crippen molar-refractivity contribution in [2.75, 3.05) is 12.4 Å². The van der Waals surface area contributed by atoms with Crippen LogP contribution < -0.4 is 10.1 Å². The van der Waals surface area contributed by atoms with Gasteiger partial charge in [0.05, 0.1) is 24.3 Å². The number of anilines is 1. The van der Waals surface area contributed by atoms with Crippen molar-refractivity contribution < 1.29 is 19.1 Å². The zero-order chi connectivity index (χ0) is 18.5. The van der Waals surface area contributed by atoms with Crippen LogP contribution in [-0.4, -0.2) is 35.1 Å². The number of nitrogens with zero attached hydrogens (tertiary/aromatic N) is 2. The van der Waals surface area contributed by atoms with E-state index in [1.54, 1.807) is 42.5 Å². The number of rotatable bonds is 5. The van der Waals surface area contributed by atoms with Gasteiger partial charge in [0, 0.05) is 11.8 Å². The lowest BCUT2D eigenvalue weighted by Gasteiger charge is -2.13. The molecule has 0 bridgehead atoms. The molecular formula is C19H17N3O4. The third kappa shape index (κ3) is 3.94. The van der Waals surface area contributed by atoms with Crippen LogP contribution in [0.25, 0.3) is 11.0 Å². The monoisotopic (exact) mass is 351 g/mol. The molecule has 1 aromatic heterocycles. The van der Waals surface area contributed by atoms with Gasteiger partial charge in [-0.3, -0.25) is 9.78 Å². The average Bonchev–Trinajstić information content (AvgIpc) is 2.67. The largest absolute Gasteiger partial charge is 0.497 e. The highest BCUT2D eigenvalue weighted by atomic mass is 16.5. The summed E-state index contributed by atoms with van der Waals surface area (Å²) in [6.45, 7) is 1.49. The highest BCUT2D eigenvalue weighted by Crippen LogP contribution is 2.17. The summed E-state index contributed by atoms with van der Waals surface area (Å²) in [4.78, 5) is 32.8. The van der Waals surface area contributed by atoms with Crippen LogP contribution in [0.5, 0.6) is 5.75 Å². The fraction of sp³-hybridized carbons (Fsp3) is 0.158. The molecule has 3 aromatic rings. The summed E-state index contributed by atoms with van der Waals surface area (Å²) in [6, 6.07) is 14.1. The topological polar surface area (TPSA) is 90.4 Å². The molecule has 1 N–H and O–H groups in total. The van der Waals surface area contributed by atoms with E-state index in [0.717, 1.165) is 0 Å². The number of amides is 1. The van der Waals surface area contributed by atoms with Gasteiger partial charge in [-0.25, -0.2) is 9.78 Å². The molecule has 0 aliphatic heterocycles. The van der Waals surface area contributed by atoms with Gasteiger partial charge in [-0.1, -0.05) is 18.2 Å². The van der Waals surface area contributed by atoms with Gasteiger partial charge >= 0.3 is 5.97 Å². The molecule has 7 nitrogen and oxygen atoms in total. The summed E-state index contributed by atoms with van der Waals surface area (Å²) in [7, 11) is 1.54. The number of hydrogen-bond donors (Lipinski definition) is 1. The molecule has 1 unspecified atom stereocenters. The molecule has 132 valence electrons. The van der Waals surface area contributed by atoms with Gasteiger partial charge in [0.1, 0.15) is 5.75 Å². The summed E-state index contributed by atoms with van der Waals surface area (Å²) in [6.07, 6.45) is 0.333. The SMILES string of the molecule is COc1cccc(NC(=O)C(C)OC(=O)c2cnc3ccccc3n2)c1. The first kappa shape index (κ1) is 17.3. The van der Waals surface area contributed by atoms with E-state index in [1.807, 2.05) is 6.07 Å². The van der Waals surface area contributed by atoms with Crippen LogP contribution in [0.3, 0.4) is 0 Å². The first-order valence-electron chi connectivity index (χ1n) is 7.94. The molecule has 1 heterocycles. The lowest BCUT2D eigenvalue weighted by molar-refractivity contribution is -0.123. The molecule has 0 aliphatic carbocycles. The van der Waals surface area contributed by atoms with Crippen molar-refractivity contribution in [1.82, 2.24) is 9.97 Å². The van der Waals surface area contributed by atoms with Gasteiger partial charge < -0.3 is 14.8 Å². The smallest absolute Gasteiger partial charge is 0.359 e. The van der Waals surface area contributed by atoms with Crippen molar-refractivity contribution in [3.8, 4) is 5.75 Å². The maximum Gasteiger partial charge on any atom is 0.359 e. The van der Waals surface area contributed by atoms with Crippen LogP contribution in [0, 0.1) is 0 Å². The summed E-state index contributed by atoms with van der Waals surface area (Å²) >= 11 is 0. The van der Waals surface area contributed by atoms with Crippen LogP contribution in [-0.2, 0) is 9.53 Å². The van der Waals surface area contributed by atoms with E-state index in [1.165, 1.54) is 20.2 Å². The van der Waals surface area contributed by atoms with Crippen molar-refractivity contribution in [2.45, 2.75) is 13.0 Å². The van der Waals surface area contributed by atoms with E-state index in [-0.39, 0.29) is 5.69 Å². The molecule has 3 rings (SSSR count). The van der Waals surface area contributed by atoms with Crippen LogP contribution in [0.15, 0.2) is 54.7 Å². The van der Waals surface area contributed by atoms with Crippen molar-refractivity contribution in [1.29, 1.82) is 0 Å². The Labute approximate surface area is 150 Å². The zero-order valence-electron chi connectivity index (χ0n) is 14.3. The second-order valence-electron chi connectivity index (χ2n) is 5.51. The summed E-state index contributed by atoms with van der Waals surface area (Å²) in [5.41, 5.74) is 1.84. The van der Waals surface area contributed by atoms with Gasteiger partial charge in [-0.2, -0.15) is 0 Å². The highest BCUT2D eigenvalue weighted by Gasteiger charge is 2.20. The van der Waals surface area contributed by atoms with E-state index in [9.17, 15) is 9.59 Å². The Balaban J connectivity index is 1.66. The highest BCUT2D eigenvalue weighted by molar-refractivity contribution is 5.97. The van der Waals surface area contributed by atoms with E-state index < -0.39 is 18.0 Å². The number of hydrogen-bond acceptors (Lipinski definition) is 6. The fourth-order valence-corrected chi connectivity index (χ4v) is 2.27. The van der Waals surface area contributed by atoms with E-state index in [0.29, 0.717) is 22.5 Å². The number of benzene rings is 2. The third-order valence-corrected chi connectivity index (χ3v) is 3.65. The minimum atomic E-state index is -0.998. The van der Waals surface area contributed by atoms with Gasteiger partial charge in [0.2, 0.25) is 0 Å². The van der Waals surface area contributed by atoms with Crippen LogP contribution in [0.2, 0.25) is 0 Å². The fourth-order valence-electron chi connectivity index (χ4n) is 2.27. The van der Waals surface area contributed by atoms with Crippen molar-refractivity contribution in [3.05, 3.63) is 60.4 Å². The molecule has 0 saturated carbocycles. The molecular weight excluding hydrogens is 334 g/mol. The zero-order valence-corrected chi connectivity index (χ0v) is 14.3. The van der Waals surface area contributed by atoms with Crippen LogP contribution >= 0.6 is 0 Å². The van der Waals surface area contributed by atoms with Crippen molar-refractivity contribution in [2.24, 2.45) is 0 Å². The predicted octanol–water partition coefficient (Wildman–Crippen LogP) is 2.82. The number of aromatic nitrogens is 2. The standard InChI is InChI=1S/C19H17N3O4/c1-12(18(23)21-13-6-5-7-14(10-13)25-2)26-19(24)17-11-20-15-8-3-4-9-16(15)22-17/h3-12H,1-2H3,(H,21,23). The Hall–Kier alpha value is -3.48. The number of ether oxygens (including phenoxy) is 2. The van der Waals surface area contributed by atoms with E-state index in [2.05, 4.69) is 15.3 Å². The Bertz CT molecular complexity index is 958. The number of nitrogens with one attached hydrogen (secondary N) is 1. The maximum atomic E-state index is 12.2. The number of carbonyl (C=O) groups is 2. The third-order valence-electron chi connectivity index (χ3n) is 3.65. The Kier molecular flexibility index (Phi) is 5.07. The molecule has 0 fully saturated rings. The normalized spacial score (nSPS) is 11.6. The van der Waals surface area contributed by atoms with Crippen molar-refractivity contribution in [3.63, 3.8) is 0 Å². The first-order chi connectivity index (χ1) is 12.6. The van der Waals surface area contributed by atoms with Crippen LogP contribution in [0.4, 0.5) is 5.69 Å². The molecule has 1 amide bonds. The predicted molar refractivity (Wildman–Crippen MR) is 96.0 cm³/mol. The Morgan fingerprint density at radius 3 is 2.62 bits per heavy atom. The van der Waals surface area contributed by atoms with Crippen molar-refractivity contribution >= 4 is 28.6 Å². The maximum absolute atomic E-state index is 12.2. The van der Waals surface area contributed by atoms with E-state index in [4.69, 9.17) is 9.47 Å². The number of methoxy groups -OCH3 is 1. The number of fused-ring (bicyclic) bond motifs is 1. The molecule has 2 aromatic carbocycles. The van der Waals surface area contributed by atoms with Crippen LogP contribution in [0.1, 0.15) is 17.4 Å². The molecule has 0 aliphatic rings. The van der Waals surface area contributed by atoms with Gasteiger partial charge in [0.15, 0.2) is 11.8 Å². The van der Waals surface area contributed by atoms with E-state index >= 15 is 0 Å². The lowest BCUT2D eigenvalue weighted by Crippen LogP contribution is -2.30. The summed E-state index contributed by atoms with van der Waals surface area (Å²) in [5.74, 6) is -0.559.